The highest BCUT2D eigenvalue weighted by molar-refractivity contribution is 5.87. The smallest absolute Gasteiger partial charge is 0.244 e. The molecule has 0 fully saturated rings. The van der Waals surface area contributed by atoms with Crippen LogP contribution < -0.4 is 11.1 Å². The van der Waals surface area contributed by atoms with Gasteiger partial charge in [0.15, 0.2) is 0 Å². The van der Waals surface area contributed by atoms with Crippen molar-refractivity contribution in [3.8, 4) is 0 Å². The van der Waals surface area contributed by atoms with Gasteiger partial charge in [0.05, 0.1) is 0 Å². The minimum Gasteiger partial charge on any atom is -0.368 e. The van der Waals surface area contributed by atoms with Crippen LogP contribution in [-0.4, -0.2) is 11.8 Å². The lowest BCUT2D eigenvalue weighted by molar-refractivity contribution is -0.127. The van der Waals surface area contributed by atoms with E-state index in [4.69, 9.17) is 5.73 Å². The molecule has 2 amide bonds. The first kappa shape index (κ1) is 13.9. The highest BCUT2D eigenvalue weighted by atomic mass is 19.1. The number of primary amides is 1. The molecule has 18 heavy (non-hydrogen) atoms. The van der Waals surface area contributed by atoms with Gasteiger partial charge in [0, 0.05) is 6.42 Å². The molecular weight excluding hydrogens is 235 g/mol. The summed E-state index contributed by atoms with van der Waals surface area (Å²) in [4.78, 5) is 22.8. The van der Waals surface area contributed by atoms with Crippen molar-refractivity contribution >= 4 is 11.8 Å². The largest absolute Gasteiger partial charge is 0.368 e. The molecule has 1 unspecified atom stereocenters. The maximum atomic E-state index is 12.8. The van der Waals surface area contributed by atoms with Gasteiger partial charge < -0.3 is 11.1 Å². The van der Waals surface area contributed by atoms with E-state index < -0.39 is 17.8 Å². The first-order chi connectivity index (χ1) is 8.54. The molecule has 5 heteroatoms. The number of hydrogen-bond acceptors (Lipinski definition) is 2. The highest BCUT2D eigenvalue weighted by Gasteiger charge is 2.19. The Hall–Kier alpha value is -2.17. The van der Waals surface area contributed by atoms with E-state index in [9.17, 15) is 14.0 Å². The van der Waals surface area contributed by atoms with Gasteiger partial charge in [-0.3, -0.25) is 9.59 Å². The van der Waals surface area contributed by atoms with Crippen molar-refractivity contribution in [2.24, 2.45) is 5.73 Å². The van der Waals surface area contributed by atoms with Crippen molar-refractivity contribution in [2.45, 2.75) is 18.9 Å². The Bertz CT molecular complexity index is 443. The normalized spacial score (nSPS) is 11.6. The van der Waals surface area contributed by atoms with Crippen LogP contribution in [0.1, 0.15) is 24.4 Å². The number of carbonyl (C=O) groups is 2. The Balaban J connectivity index is 2.77. The molecule has 0 bridgehead atoms. The van der Waals surface area contributed by atoms with Gasteiger partial charge in [0.25, 0.3) is 0 Å². The lowest BCUT2D eigenvalue weighted by atomic mass is 10.1. The zero-order chi connectivity index (χ0) is 13.5. The van der Waals surface area contributed by atoms with Crippen LogP contribution in [0.4, 0.5) is 4.39 Å². The molecule has 0 saturated carbocycles. The second-order valence-electron chi connectivity index (χ2n) is 3.78. The molecule has 0 aliphatic rings. The van der Waals surface area contributed by atoms with Crippen LogP contribution in [0.3, 0.4) is 0 Å². The number of hydrogen-bond donors (Lipinski definition) is 2. The molecule has 0 saturated heterocycles. The third-order valence-corrected chi connectivity index (χ3v) is 2.37. The average Bonchev–Trinajstić information content (AvgIpc) is 2.34. The lowest BCUT2D eigenvalue weighted by Gasteiger charge is -2.15. The molecule has 1 aromatic rings. The minimum absolute atomic E-state index is 0.231. The number of nitrogens with one attached hydrogen (secondary N) is 1. The standard InChI is InChI=1S/C13H15FN2O2/c1-2-3-4-11(17)16-12(13(15)18)9-5-7-10(14)8-6-9/h2,5-8,12H,1,3-4H2,(H2,15,18)(H,16,17). The molecule has 0 heterocycles. The monoisotopic (exact) mass is 250 g/mol. The Morgan fingerprint density at radius 2 is 2.00 bits per heavy atom. The van der Waals surface area contributed by atoms with E-state index in [2.05, 4.69) is 11.9 Å². The van der Waals surface area contributed by atoms with Crippen LogP contribution in [-0.2, 0) is 9.59 Å². The predicted octanol–water partition coefficient (Wildman–Crippen LogP) is 1.43. The van der Waals surface area contributed by atoms with Crippen LogP contribution in [0.5, 0.6) is 0 Å². The van der Waals surface area contributed by atoms with Crippen molar-refractivity contribution in [2.75, 3.05) is 0 Å². The number of benzene rings is 1. The van der Waals surface area contributed by atoms with Crippen molar-refractivity contribution in [3.05, 3.63) is 48.3 Å². The van der Waals surface area contributed by atoms with Crippen LogP contribution in [0, 0.1) is 5.82 Å². The molecule has 4 nitrogen and oxygen atoms in total. The van der Waals surface area contributed by atoms with Crippen molar-refractivity contribution < 1.29 is 14.0 Å². The summed E-state index contributed by atoms with van der Waals surface area (Å²) >= 11 is 0. The van der Waals surface area contributed by atoms with Crippen molar-refractivity contribution in [1.29, 1.82) is 0 Å². The average molecular weight is 250 g/mol. The number of carbonyl (C=O) groups excluding carboxylic acids is 2. The number of allylic oxidation sites excluding steroid dienone is 1. The van der Waals surface area contributed by atoms with E-state index in [0.717, 1.165) is 0 Å². The fourth-order valence-corrected chi connectivity index (χ4v) is 1.44. The van der Waals surface area contributed by atoms with Crippen LogP contribution >= 0.6 is 0 Å². The summed E-state index contributed by atoms with van der Waals surface area (Å²) in [7, 11) is 0. The molecule has 0 aliphatic carbocycles. The Morgan fingerprint density at radius 3 is 2.50 bits per heavy atom. The Kier molecular flexibility index (Phi) is 5.05. The van der Waals surface area contributed by atoms with Crippen molar-refractivity contribution in [1.82, 2.24) is 5.32 Å². The van der Waals surface area contributed by atoms with E-state index in [1.165, 1.54) is 24.3 Å². The second-order valence-corrected chi connectivity index (χ2v) is 3.78. The summed E-state index contributed by atoms with van der Waals surface area (Å²) in [5.74, 6) is -1.41. The van der Waals surface area contributed by atoms with E-state index in [0.29, 0.717) is 12.0 Å². The zero-order valence-electron chi connectivity index (χ0n) is 9.86. The molecule has 0 aromatic heterocycles. The topological polar surface area (TPSA) is 72.2 Å². The molecule has 1 rings (SSSR count). The van der Waals surface area contributed by atoms with Crippen LogP contribution in [0.2, 0.25) is 0 Å². The van der Waals surface area contributed by atoms with Gasteiger partial charge in [-0.1, -0.05) is 18.2 Å². The second kappa shape index (κ2) is 6.54. The van der Waals surface area contributed by atoms with Crippen LogP contribution in [0.15, 0.2) is 36.9 Å². The summed E-state index contributed by atoms with van der Waals surface area (Å²) < 4.78 is 12.8. The predicted molar refractivity (Wildman–Crippen MR) is 65.9 cm³/mol. The Labute approximate surface area is 105 Å². The molecule has 96 valence electrons. The van der Waals surface area contributed by atoms with Gasteiger partial charge in [0.2, 0.25) is 11.8 Å². The van der Waals surface area contributed by atoms with Gasteiger partial charge in [-0.15, -0.1) is 6.58 Å². The summed E-state index contributed by atoms with van der Waals surface area (Å²) in [5.41, 5.74) is 5.67. The van der Waals surface area contributed by atoms with Gasteiger partial charge >= 0.3 is 0 Å². The molecule has 1 aromatic carbocycles. The molecule has 3 N–H and O–H groups in total. The summed E-state index contributed by atoms with van der Waals surface area (Å²) in [6.45, 7) is 3.50. The maximum Gasteiger partial charge on any atom is 0.244 e. The molecule has 0 radical (unpaired) electrons. The zero-order valence-corrected chi connectivity index (χ0v) is 9.86. The first-order valence-electron chi connectivity index (χ1n) is 5.49. The van der Waals surface area contributed by atoms with Gasteiger partial charge in [-0.25, -0.2) is 4.39 Å². The van der Waals surface area contributed by atoms with E-state index in [-0.39, 0.29) is 12.3 Å². The number of rotatable bonds is 6. The fourth-order valence-electron chi connectivity index (χ4n) is 1.44. The van der Waals surface area contributed by atoms with E-state index in [1.807, 2.05) is 0 Å². The van der Waals surface area contributed by atoms with Gasteiger partial charge in [-0.2, -0.15) is 0 Å². The SMILES string of the molecule is C=CCCC(=O)NC(C(N)=O)c1ccc(F)cc1. The van der Waals surface area contributed by atoms with Crippen LogP contribution in [0.25, 0.3) is 0 Å². The first-order valence-corrected chi connectivity index (χ1v) is 5.49. The van der Waals surface area contributed by atoms with Crippen molar-refractivity contribution in [3.63, 3.8) is 0 Å². The van der Waals surface area contributed by atoms with E-state index in [1.54, 1.807) is 6.08 Å². The maximum absolute atomic E-state index is 12.8. The number of halogens is 1. The summed E-state index contributed by atoms with van der Waals surface area (Å²) in [6, 6.07) is 4.31. The molecule has 1 atom stereocenters. The molecular formula is C13H15FN2O2. The lowest BCUT2D eigenvalue weighted by Crippen LogP contribution is -2.37. The van der Waals surface area contributed by atoms with E-state index >= 15 is 0 Å². The molecule has 0 aliphatic heterocycles. The molecule has 0 spiro atoms. The quantitative estimate of drug-likeness (QED) is 0.750. The minimum atomic E-state index is -0.942. The summed E-state index contributed by atoms with van der Waals surface area (Å²) in [5, 5.41) is 2.50. The number of nitrogens with two attached hydrogens (primary N) is 1. The highest BCUT2D eigenvalue weighted by Crippen LogP contribution is 2.13. The van der Waals surface area contributed by atoms with Gasteiger partial charge in [0.1, 0.15) is 11.9 Å². The third-order valence-electron chi connectivity index (χ3n) is 2.37. The Morgan fingerprint density at radius 1 is 1.39 bits per heavy atom. The number of amides is 2. The van der Waals surface area contributed by atoms with Gasteiger partial charge in [-0.05, 0) is 24.1 Å². The fraction of sp³-hybridized carbons (Fsp3) is 0.231. The third kappa shape index (κ3) is 4.01. The summed E-state index contributed by atoms with van der Waals surface area (Å²) in [6.07, 6.45) is 2.35.